The van der Waals surface area contributed by atoms with Crippen LogP contribution in [-0.4, -0.2) is 10.9 Å². The van der Waals surface area contributed by atoms with Crippen molar-refractivity contribution < 1.29 is 4.79 Å². The summed E-state index contributed by atoms with van der Waals surface area (Å²) in [6.07, 6.45) is 0. The second-order valence-electron chi connectivity index (χ2n) is 4.76. The molecular formula is C17H13ClN2OS. The van der Waals surface area contributed by atoms with Crippen molar-refractivity contribution in [2.45, 2.75) is 6.92 Å². The van der Waals surface area contributed by atoms with Crippen LogP contribution in [0.1, 0.15) is 15.4 Å². The van der Waals surface area contributed by atoms with E-state index >= 15 is 0 Å². The number of nitrogens with one attached hydrogen (secondary N) is 1. The quantitative estimate of drug-likeness (QED) is 0.733. The van der Waals surface area contributed by atoms with Crippen LogP contribution in [-0.2, 0) is 0 Å². The van der Waals surface area contributed by atoms with Crippen molar-refractivity contribution in [3.05, 3.63) is 70.2 Å². The lowest BCUT2D eigenvalue weighted by molar-refractivity contribution is 0.103. The first-order valence-corrected chi connectivity index (χ1v) is 7.93. The van der Waals surface area contributed by atoms with E-state index in [2.05, 4.69) is 10.3 Å². The number of nitrogens with zero attached hydrogens (tertiary/aromatic N) is 1. The molecule has 5 heteroatoms. The molecule has 0 atom stereocenters. The number of hydrogen-bond acceptors (Lipinski definition) is 3. The molecule has 1 amide bonds. The van der Waals surface area contributed by atoms with Gasteiger partial charge in [0, 0.05) is 16.3 Å². The third-order valence-electron chi connectivity index (χ3n) is 3.13. The van der Waals surface area contributed by atoms with Gasteiger partial charge in [-0.15, -0.1) is 11.3 Å². The number of thiazole rings is 1. The van der Waals surface area contributed by atoms with Gasteiger partial charge in [0.15, 0.2) is 0 Å². The van der Waals surface area contributed by atoms with Crippen LogP contribution in [0, 0.1) is 6.92 Å². The molecule has 3 rings (SSSR count). The molecule has 0 saturated heterocycles. The highest BCUT2D eigenvalue weighted by atomic mass is 35.5. The maximum absolute atomic E-state index is 12.4. The van der Waals surface area contributed by atoms with Crippen molar-refractivity contribution in [2.75, 3.05) is 5.32 Å². The lowest BCUT2D eigenvalue weighted by atomic mass is 10.2. The summed E-state index contributed by atoms with van der Waals surface area (Å²) in [6.45, 7) is 1.84. The fourth-order valence-corrected chi connectivity index (χ4v) is 3.13. The molecule has 1 N–H and O–H groups in total. The van der Waals surface area contributed by atoms with Crippen LogP contribution < -0.4 is 5.32 Å². The Morgan fingerprint density at radius 3 is 2.45 bits per heavy atom. The normalized spacial score (nSPS) is 10.5. The van der Waals surface area contributed by atoms with Crippen molar-refractivity contribution in [3.63, 3.8) is 0 Å². The predicted octanol–water partition coefficient (Wildman–Crippen LogP) is 5.02. The van der Waals surface area contributed by atoms with E-state index < -0.39 is 0 Å². The topological polar surface area (TPSA) is 42.0 Å². The molecule has 3 aromatic rings. The summed E-state index contributed by atoms with van der Waals surface area (Å²) in [5, 5.41) is 4.38. The van der Waals surface area contributed by atoms with E-state index in [1.54, 1.807) is 0 Å². The summed E-state index contributed by atoms with van der Waals surface area (Å²) in [4.78, 5) is 17.5. The minimum absolute atomic E-state index is 0.138. The SMILES string of the molecule is Cc1nc(-c2ccc(Cl)cc2)sc1C(=O)Nc1ccccc1. The molecule has 0 aliphatic carbocycles. The van der Waals surface area contributed by atoms with Gasteiger partial charge < -0.3 is 5.32 Å². The van der Waals surface area contributed by atoms with Crippen molar-refractivity contribution in [3.8, 4) is 10.6 Å². The number of rotatable bonds is 3. The van der Waals surface area contributed by atoms with E-state index in [0.717, 1.165) is 22.0 Å². The number of halogens is 1. The van der Waals surface area contributed by atoms with Crippen molar-refractivity contribution in [2.24, 2.45) is 0 Å². The molecule has 110 valence electrons. The number of hydrogen-bond donors (Lipinski definition) is 1. The van der Waals surface area contributed by atoms with E-state index in [9.17, 15) is 4.79 Å². The number of carbonyl (C=O) groups is 1. The lowest BCUT2D eigenvalue weighted by Gasteiger charge is -2.02. The van der Waals surface area contributed by atoms with Crippen LogP contribution in [0.5, 0.6) is 0 Å². The number of benzene rings is 2. The molecule has 22 heavy (non-hydrogen) atoms. The molecule has 1 heterocycles. The Kier molecular flexibility index (Phi) is 4.22. The van der Waals surface area contributed by atoms with Crippen molar-refractivity contribution in [1.29, 1.82) is 0 Å². The summed E-state index contributed by atoms with van der Waals surface area (Å²) in [5.74, 6) is -0.138. The molecule has 0 spiro atoms. The molecule has 1 aromatic heterocycles. The zero-order valence-corrected chi connectivity index (χ0v) is 13.4. The van der Waals surface area contributed by atoms with E-state index in [-0.39, 0.29) is 5.91 Å². The number of para-hydroxylation sites is 1. The molecule has 2 aromatic carbocycles. The smallest absolute Gasteiger partial charge is 0.267 e. The molecule has 0 radical (unpaired) electrons. The first-order chi connectivity index (χ1) is 10.6. The van der Waals surface area contributed by atoms with Gasteiger partial charge in [-0.05, 0) is 31.2 Å². The highest BCUT2D eigenvalue weighted by molar-refractivity contribution is 7.17. The highest BCUT2D eigenvalue weighted by Crippen LogP contribution is 2.29. The van der Waals surface area contributed by atoms with Crippen molar-refractivity contribution in [1.82, 2.24) is 4.98 Å². The van der Waals surface area contributed by atoms with Crippen LogP contribution in [0.4, 0.5) is 5.69 Å². The largest absolute Gasteiger partial charge is 0.321 e. The molecule has 0 unspecified atom stereocenters. The van der Waals surface area contributed by atoms with Gasteiger partial charge in [-0.25, -0.2) is 4.98 Å². The van der Waals surface area contributed by atoms with Gasteiger partial charge in [0.1, 0.15) is 9.88 Å². The van der Waals surface area contributed by atoms with E-state index in [4.69, 9.17) is 11.6 Å². The van der Waals surface area contributed by atoms with Gasteiger partial charge in [0.05, 0.1) is 5.69 Å². The summed E-state index contributed by atoms with van der Waals surface area (Å²) >= 11 is 7.27. The number of carbonyl (C=O) groups excluding carboxylic acids is 1. The Balaban J connectivity index is 1.86. The van der Waals surface area contributed by atoms with Crippen LogP contribution in [0.25, 0.3) is 10.6 Å². The second-order valence-corrected chi connectivity index (χ2v) is 6.20. The fraction of sp³-hybridized carbons (Fsp3) is 0.0588. The van der Waals surface area contributed by atoms with Crippen LogP contribution in [0.15, 0.2) is 54.6 Å². The summed E-state index contributed by atoms with van der Waals surface area (Å²) in [5.41, 5.74) is 2.45. The Labute approximate surface area is 137 Å². The molecule has 0 aliphatic heterocycles. The van der Waals surface area contributed by atoms with Crippen molar-refractivity contribution >= 4 is 34.5 Å². The van der Waals surface area contributed by atoms with E-state index in [0.29, 0.717) is 9.90 Å². The van der Waals surface area contributed by atoms with Gasteiger partial charge >= 0.3 is 0 Å². The zero-order chi connectivity index (χ0) is 15.5. The third kappa shape index (κ3) is 3.18. The molecular weight excluding hydrogens is 316 g/mol. The minimum Gasteiger partial charge on any atom is -0.321 e. The van der Waals surface area contributed by atoms with Crippen LogP contribution in [0.2, 0.25) is 5.02 Å². The van der Waals surface area contributed by atoms with Gasteiger partial charge in [-0.1, -0.05) is 41.9 Å². The van der Waals surface area contributed by atoms with Crippen LogP contribution >= 0.6 is 22.9 Å². The Morgan fingerprint density at radius 2 is 1.77 bits per heavy atom. The third-order valence-corrected chi connectivity index (χ3v) is 4.58. The number of amides is 1. The first-order valence-electron chi connectivity index (χ1n) is 6.73. The van der Waals surface area contributed by atoms with Gasteiger partial charge in [0.25, 0.3) is 5.91 Å². The number of anilines is 1. The molecule has 0 saturated carbocycles. The van der Waals surface area contributed by atoms with Gasteiger partial charge in [-0.3, -0.25) is 4.79 Å². The zero-order valence-electron chi connectivity index (χ0n) is 11.8. The summed E-state index contributed by atoms with van der Waals surface area (Å²) in [6, 6.07) is 16.8. The number of aryl methyl sites for hydroxylation is 1. The average molecular weight is 329 g/mol. The minimum atomic E-state index is -0.138. The summed E-state index contributed by atoms with van der Waals surface area (Å²) in [7, 11) is 0. The maximum Gasteiger partial charge on any atom is 0.267 e. The van der Waals surface area contributed by atoms with Crippen LogP contribution in [0.3, 0.4) is 0 Å². The van der Waals surface area contributed by atoms with E-state index in [1.165, 1.54) is 11.3 Å². The first kappa shape index (κ1) is 14.8. The average Bonchev–Trinajstić information content (AvgIpc) is 2.91. The molecule has 0 aliphatic rings. The molecule has 3 nitrogen and oxygen atoms in total. The Bertz CT molecular complexity index is 797. The second kappa shape index (κ2) is 6.30. The Hall–Kier alpha value is -2.17. The van der Waals surface area contributed by atoms with E-state index in [1.807, 2.05) is 61.5 Å². The van der Waals surface area contributed by atoms with Gasteiger partial charge in [0.2, 0.25) is 0 Å². The fourth-order valence-electron chi connectivity index (χ4n) is 2.03. The maximum atomic E-state index is 12.4. The van der Waals surface area contributed by atoms with Gasteiger partial charge in [-0.2, -0.15) is 0 Å². The molecule has 0 fully saturated rings. The lowest BCUT2D eigenvalue weighted by Crippen LogP contribution is -2.11. The number of aromatic nitrogens is 1. The highest BCUT2D eigenvalue weighted by Gasteiger charge is 2.16. The predicted molar refractivity (Wildman–Crippen MR) is 91.7 cm³/mol. The summed E-state index contributed by atoms with van der Waals surface area (Å²) < 4.78 is 0. The Morgan fingerprint density at radius 1 is 1.09 bits per heavy atom. The standard InChI is InChI=1S/C17H13ClN2OS/c1-11-15(16(21)20-14-5-3-2-4-6-14)22-17(19-11)12-7-9-13(18)10-8-12/h2-10H,1H3,(H,20,21). The molecule has 0 bridgehead atoms. The monoisotopic (exact) mass is 328 g/mol.